The van der Waals surface area contributed by atoms with Crippen LogP contribution in [0.1, 0.15) is 28.9 Å². The molecule has 2 rings (SSSR count). The molecule has 0 aliphatic rings. The van der Waals surface area contributed by atoms with Crippen LogP contribution in [0.25, 0.3) is 0 Å². The van der Waals surface area contributed by atoms with Crippen LogP contribution in [0.2, 0.25) is 5.15 Å². The fourth-order valence-corrected chi connectivity index (χ4v) is 1.92. The molecule has 2 aromatic rings. The summed E-state index contributed by atoms with van der Waals surface area (Å²) in [6, 6.07) is 0. The van der Waals surface area contributed by atoms with E-state index in [0.717, 1.165) is 5.82 Å². The van der Waals surface area contributed by atoms with E-state index in [4.69, 9.17) is 11.6 Å². The Morgan fingerprint density at radius 1 is 1.53 bits per heavy atom. The van der Waals surface area contributed by atoms with E-state index in [0.29, 0.717) is 23.8 Å². The summed E-state index contributed by atoms with van der Waals surface area (Å²) >= 11 is 5.93. The first kappa shape index (κ1) is 13.5. The second-order valence-electron chi connectivity index (χ2n) is 3.94. The number of carbonyl (C=O) groups is 1. The molecule has 7 nitrogen and oxygen atoms in total. The van der Waals surface area contributed by atoms with E-state index in [2.05, 4.69) is 20.0 Å². The lowest BCUT2D eigenvalue weighted by Crippen LogP contribution is -2.12. The summed E-state index contributed by atoms with van der Waals surface area (Å²) in [6.07, 6.45) is 2.19. The smallest absolute Gasteiger partial charge is 0.360 e. The minimum Gasteiger partial charge on any atom is -0.464 e. The Morgan fingerprint density at radius 2 is 2.26 bits per heavy atom. The maximum Gasteiger partial charge on any atom is 0.360 e. The molecular formula is C11H14ClN5O2. The first-order chi connectivity index (χ1) is 9.08. The summed E-state index contributed by atoms with van der Waals surface area (Å²) in [7, 11) is 3.13. The molecule has 0 unspecified atom stereocenters. The second-order valence-corrected chi connectivity index (χ2v) is 4.33. The summed E-state index contributed by atoms with van der Waals surface area (Å²) < 4.78 is 8.05. The van der Waals surface area contributed by atoms with Crippen LogP contribution in [0.5, 0.6) is 0 Å². The first-order valence-electron chi connectivity index (χ1n) is 5.75. The van der Waals surface area contributed by atoms with Crippen molar-refractivity contribution in [2.45, 2.75) is 19.9 Å². The summed E-state index contributed by atoms with van der Waals surface area (Å²) in [4.78, 5) is 15.7. The maximum atomic E-state index is 11.5. The van der Waals surface area contributed by atoms with Gasteiger partial charge in [0.25, 0.3) is 0 Å². The number of imidazole rings is 1. The molecule has 0 aromatic carbocycles. The predicted molar refractivity (Wildman–Crippen MR) is 68.1 cm³/mol. The van der Waals surface area contributed by atoms with Crippen LogP contribution in [-0.2, 0) is 24.8 Å². The van der Waals surface area contributed by atoms with Crippen LogP contribution in [0.15, 0.2) is 6.20 Å². The highest BCUT2D eigenvalue weighted by atomic mass is 35.5. The van der Waals surface area contributed by atoms with E-state index in [1.807, 2.05) is 14.0 Å². The first-order valence-corrected chi connectivity index (χ1v) is 6.13. The standard InChI is InChI=1S/C11H14ClN5O2/c1-4-7-10(11(18)19-3)14-15-17(7)6-9-13-5-8(12)16(9)2/h5H,4,6H2,1-3H3. The summed E-state index contributed by atoms with van der Waals surface area (Å²) in [5, 5.41) is 8.37. The molecule has 0 fully saturated rings. The Morgan fingerprint density at radius 3 is 2.79 bits per heavy atom. The van der Waals surface area contributed by atoms with Crippen molar-refractivity contribution in [1.82, 2.24) is 24.5 Å². The van der Waals surface area contributed by atoms with Gasteiger partial charge < -0.3 is 9.30 Å². The van der Waals surface area contributed by atoms with Gasteiger partial charge in [-0.05, 0) is 6.42 Å². The van der Waals surface area contributed by atoms with Crippen LogP contribution in [-0.4, -0.2) is 37.6 Å². The minimum absolute atomic E-state index is 0.241. The van der Waals surface area contributed by atoms with E-state index in [-0.39, 0.29) is 5.69 Å². The molecule has 2 heterocycles. The van der Waals surface area contributed by atoms with Gasteiger partial charge in [-0.3, -0.25) is 0 Å². The van der Waals surface area contributed by atoms with Crippen LogP contribution >= 0.6 is 11.6 Å². The molecule has 0 saturated heterocycles. The van der Waals surface area contributed by atoms with Crippen molar-refractivity contribution in [3.8, 4) is 0 Å². The van der Waals surface area contributed by atoms with Gasteiger partial charge in [0.15, 0.2) is 5.69 Å². The van der Waals surface area contributed by atoms with Crippen LogP contribution in [0.3, 0.4) is 0 Å². The van der Waals surface area contributed by atoms with Gasteiger partial charge in [0.1, 0.15) is 17.5 Å². The summed E-state index contributed by atoms with van der Waals surface area (Å²) in [5.74, 6) is 0.252. The quantitative estimate of drug-likeness (QED) is 0.785. The van der Waals surface area contributed by atoms with E-state index in [1.165, 1.54) is 7.11 Å². The third kappa shape index (κ3) is 2.46. The lowest BCUT2D eigenvalue weighted by molar-refractivity contribution is 0.0592. The van der Waals surface area contributed by atoms with Crippen LogP contribution < -0.4 is 0 Å². The molecule has 0 bridgehead atoms. The van der Waals surface area contributed by atoms with Crippen molar-refractivity contribution in [3.63, 3.8) is 0 Å². The average Bonchev–Trinajstić information content (AvgIpc) is 2.96. The summed E-state index contributed by atoms with van der Waals surface area (Å²) in [6.45, 7) is 2.32. The second kappa shape index (κ2) is 5.40. The Labute approximate surface area is 115 Å². The molecule has 0 saturated carbocycles. The topological polar surface area (TPSA) is 74.8 Å². The van der Waals surface area contributed by atoms with Gasteiger partial charge in [-0.2, -0.15) is 0 Å². The van der Waals surface area contributed by atoms with E-state index in [9.17, 15) is 4.79 Å². The maximum absolute atomic E-state index is 11.5. The Balaban J connectivity index is 2.33. The SMILES string of the molecule is CCc1c(C(=O)OC)nnn1Cc1ncc(Cl)n1C. The third-order valence-electron chi connectivity index (χ3n) is 2.87. The van der Waals surface area contributed by atoms with Crippen LogP contribution in [0, 0.1) is 0 Å². The fourth-order valence-electron chi connectivity index (χ4n) is 1.77. The van der Waals surface area contributed by atoms with E-state index < -0.39 is 5.97 Å². The molecule has 0 N–H and O–H groups in total. The lowest BCUT2D eigenvalue weighted by atomic mass is 10.2. The Kier molecular flexibility index (Phi) is 3.84. The molecule has 0 radical (unpaired) electrons. The number of esters is 1. The van der Waals surface area contributed by atoms with Gasteiger partial charge >= 0.3 is 5.97 Å². The van der Waals surface area contributed by atoms with Crippen molar-refractivity contribution in [1.29, 1.82) is 0 Å². The highest BCUT2D eigenvalue weighted by Gasteiger charge is 2.19. The van der Waals surface area contributed by atoms with Crippen molar-refractivity contribution >= 4 is 17.6 Å². The van der Waals surface area contributed by atoms with Gasteiger partial charge in [-0.25, -0.2) is 14.5 Å². The van der Waals surface area contributed by atoms with Gasteiger partial charge in [0.05, 0.1) is 19.0 Å². The fraction of sp³-hybridized carbons (Fsp3) is 0.455. The molecule has 2 aromatic heterocycles. The van der Waals surface area contributed by atoms with Gasteiger partial charge in [-0.15, -0.1) is 5.10 Å². The zero-order valence-corrected chi connectivity index (χ0v) is 11.7. The molecule has 19 heavy (non-hydrogen) atoms. The molecule has 0 aliphatic heterocycles. The molecule has 0 atom stereocenters. The lowest BCUT2D eigenvalue weighted by Gasteiger charge is -2.06. The number of aromatic nitrogens is 5. The molecular weight excluding hydrogens is 270 g/mol. The third-order valence-corrected chi connectivity index (χ3v) is 3.22. The average molecular weight is 284 g/mol. The zero-order chi connectivity index (χ0) is 14.0. The monoisotopic (exact) mass is 283 g/mol. The number of hydrogen-bond donors (Lipinski definition) is 0. The van der Waals surface area contributed by atoms with Gasteiger partial charge in [-0.1, -0.05) is 23.7 Å². The van der Waals surface area contributed by atoms with Crippen molar-refractivity contribution in [2.75, 3.05) is 7.11 Å². The largest absolute Gasteiger partial charge is 0.464 e. The number of nitrogens with zero attached hydrogens (tertiary/aromatic N) is 5. The minimum atomic E-state index is -0.485. The predicted octanol–water partition coefficient (Wildman–Crippen LogP) is 1.06. The van der Waals surface area contributed by atoms with E-state index in [1.54, 1.807) is 15.4 Å². The highest BCUT2D eigenvalue weighted by molar-refractivity contribution is 6.29. The zero-order valence-electron chi connectivity index (χ0n) is 10.9. The van der Waals surface area contributed by atoms with Crippen molar-refractivity contribution < 1.29 is 9.53 Å². The van der Waals surface area contributed by atoms with Gasteiger partial charge in [0, 0.05) is 7.05 Å². The van der Waals surface area contributed by atoms with Crippen LogP contribution in [0.4, 0.5) is 0 Å². The Bertz CT molecular complexity index is 604. The Hall–Kier alpha value is -1.89. The van der Waals surface area contributed by atoms with E-state index >= 15 is 0 Å². The number of halogens is 1. The molecule has 8 heteroatoms. The number of rotatable bonds is 4. The molecule has 0 spiro atoms. The molecule has 0 aliphatic carbocycles. The number of hydrogen-bond acceptors (Lipinski definition) is 5. The van der Waals surface area contributed by atoms with Crippen molar-refractivity contribution in [2.24, 2.45) is 7.05 Å². The number of methoxy groups -OCH3 is 1. The number of carbonyl (C=O) groups excluding carboxylic acids is 1. The molecule has 0 amide bonds. The van der Waals surface area contributed by atoms with Crippen molar-refractivity contribution in [3.05, 3.63) is 28.6 Å². The molecule has 102 valence electrons. The summed E-state index contributed by atoms with van der Waals surface area (Å²) in [5.41, 5.74) is 0.955. The van der Waals surface area contributed by atoms with Gasteiger partial charge in [0.2, 0.25) is 0 Å². The highest BCUT2D eigenvalue weighted by Crippen LogP contribution is 2.13. The normalized spacial score (nSPS) is 10.7. The number of ether oxygens (including phenoxy) is 1.